The molecule has 3 aliphatic heterocycles. The van der Waals surface area contributed by atoms with Gasteiger partial charge in [-0.1, -0.05) is 30.3 Å². The molecular weight excluding hydrogens is 381 g/mol. The van der Waals surface area contributed by atoms with Crippen LogP contribution in [0.4, 0.5) is 4.79 Å². The summed E-state index contributed by atoms with van der Waals surface area (Å²) in [6.07, 6.45) is 4.09. The minimum absolute atomic E-state index is 0.00630. The second-order valence-electron chi connectivity index (χ2n) is 10.2. The molecule has 6 nitrogen and oxygen atoms in total. The number of carbonyl (C=O) groups excluding carboxylic acids is 1. The van der Waals surface area contributed by atoms with Crippen molar-refractivity contribution in [1.29, 1.82) is 0 Å². The van der Waals surface area contributed by atoms with Crippen molar-refractivity contribution in [1.82, 2.24) is 4.90 Å². The van der Waals surface area contributed by atoms with Gasteiger partial charge in [0.15, 0.2) is 0 Å². The van der Waals surface area contributed by atoms with E-state index < -0.39 is 23.9 Å². The first-order valence-corrected chi connectivity index (χ1v) is 11.2. The Balaban J connectivity index is 1.40. The maximum atomic E-state index is 12.9. The van der Waals surface area contributed by atoms with Gasteiger partial charge >= 0.3 is 13.2 Å². The molecule has 4 rings (SSSR count). The Bertz CT molecular complexity index is 738. The SMILES string of the molecule is CC1(C)OB(CC2(O)CC3CCCC(C2)N3C(=O)OCc2ccccc2)OC1(C)C. The van der Waals surface area contributed by atoms with Gasteiger partial charge in [-0.15, -0.1) is 0 Å². The highest BCUT2D eigenvalue weighted by Gasteiger charge is 2.55. The highest BCUT2D eigenvalue weighted by Crippen LogP contribution is 2.45. The Labute approximate surface area is 180 Å². The summed E-state index contributed by atoms with van der Waals surface area (Å²) in [7, 11) is -0.433. The highest BCUT2D eigenvalue weighted by atomic mass is 16.7. The first-order valence-electron chi connectivity index (χ1n) is 11.2. The van der Waals surface area contributed by atoms with Crippen molar-refractivity contribution >= 4 is 13.2 Å². The smallest absolute Gasteiger partial charge is 0.445 e. The Hall–Kier alpha value is -1.57. The fraction of sp³-hybridized carbons (Fsp3) is 0.696. The van der Waals surface area contributed by atoms with E-state index in [0.29, 0.717) is 19.2 Å². The van der Waals surface area contributed by atoms with Crippen LogP contribution in [0.15, 0.2) is 30.3 Å². The molecule has 1 aromatic carbocycles. The number of fused-ring (bicyclic) bond motifs is 2. The highest BCUT2D eigenvalue weighted by molar-refractivity contribution is 6.45. The number of carbonyl (C=O) groups is 1. The molecule has 0 spiro atoms. The zero-order valence-electron chi connectivity index (χ0n) is 18.6. The van der Waals surface area contributed by atoms with Crippen LogP contribution in [-0.4, -0.2) is 52.1 Å². The predicted octanol–water partition coefficient (Wildman–Crippen LogP) is 4.16. The van der Waals surface area contributed by atoms with Crippen molar-refractivity contribution in [2.75, 3.05) is 0 Å². The number of rotatable bonds is 4. The van der Waals surface area contributed by atoms with E-state index in [1.165, 1.54) is 0 Å². The van der Waals surface area contributed by atoms with Crippen molar-refractivity contribution in [3.8, 4) is 0 Å². The van der Waals surface area contributed by atoms with E-state index in [9.17, 15) is 9.90 Å². The molecule has 3 saturated heterocycles. The standard InChI is InChI=1S/C23H34BNO5/c1-21(2)22(3,4)30-24(29-21)16-23(27)13-18-11-8-12-19(14-23)25(18)20(26)28-15-17-9-6-5-7-10-17/h5-7,9-10,18-19,27H,8,11-16H2,1-4H3. The molecule has 164 valence electrons. The van der Waals surface area contributed by atoms with Crippen LogP contribution in [0.5, 0.6) is 0 Å². The lowest BCUT2D eigenvalue weighted by Gasteiger charge is -2.51. The number of hydrogen-bond acceptors (Lipinski definition) is 5. The Morgan fingerprint density at radius 2 is 1.67 bits per heavy atom. The van der Waals surface area contributed by atoms with E-state index in [1.807, 2.05) is 62.9 Å². The third-order valence-electron chi connectivity index (χ3n) is 7.36. The second kappa shape index (κ2) is 7.84. The number of hydrogen-bond donors (Lipinski definition) is 1. The van der Waals surface area contributed by atoms with Crippen LogP contribution in [0.3, 0.4) is 0 Å². The monoisotopic (exact) mass is 415 g/mol. The maximum Gasteiger partial charge on any atom is 0.460 e. The Morgan fingerprint density at radius 3 is 2.23 bits per heavy atom. The summed E-state index contributed by atoms with van der Waals surface area (Å²) >= 11 is 0. The summed E-state index contributed by atoms with van der Waals surface area (Å²) in [6.45, 7) is 8.37. The summed E-state index contributed by atoms with van der Waals surface area (Å²) in [5.74, 6) is 0. The fourth-order valence-corrected chi connectivity index (χ4v) is 5.14. The van der Waals surface area contributed by atoms with Crippen LogP contribution in [-0.2, 0) is 20.7 Å². The van der Waals surface area contributed by atoms with Gasteiger partial charge in [0.2, 0.25) is 0 Å². The van der Waals surface area contributed by atoms with Gasteiger partial charge < -0.3 is 24.1 Å². The van der Waals surface area contributed by atoms with Gasteiger partial charge in [-0.25, -0.2) is 4.79 Å². The van der Waals surface area contributed by atoms with Crippen molar-refractivity contribution < 1.29 is 23.9 Å². The van der Waals surface area contributed by atoms with Crippen molar-refractivity contribution in [2.45, 2.75) is 102 Å². The van der Waals surface area contributed by atoms with Crippen molar-refractivity contribution in [3.63, 3.8) is 0 Å². The third kappa shape index (κ3) is 4.25. The van der Waals surface area contributed by atoms with Gasteiger partial charge in [-0.05, 0) is 65.4 Å². The molecule has 0 saturated carbocycles. The molecule has 3 heterocycles. The molecule has 0 aliphatic carbocycles. The van der Waals surface area contributed by atoms with E-state index in [4.69, 9.17) is 14.0 Å². The molecule has 2 unspecified atom stereocenters. The number of amides is 1. The lowest BCUT2D eigenvalue weighted by atomic mass is 9.65. The molecule has 3 aliphatic rings. The topological polar surface area (TPSA) is 68.2 Å². The summed E-state index contributed by atoms with van der Waals surface area (Å²) in [5, 5.41) is 11.4. The molecule has 2 atom stereocenters. The summed E-state index contributed by atoms with van der Waals surface area (Å²) < 4.78 is 17.9. The molecule has 1 amide bonds. The van der Waals surface area contributed by atoms with Gasteiger partial charge in [-0.2, -0.15) is 0 Å². The summed E-state index contributed by atoms with van der Waals surface area (Å²) in [6, 6.07) is 9.72. The zero-order chi connectivity index (χ0) is 21.6. The molecule has 0 aromatic heterocycles. The van der Waals surface area contributed by atoms with E-state index in [0.717, 1.165) is 24.8 Å². The van der Waals surface area contributed by atoms with Crippen molar-refractivity contribution in [3.05, 3.63) is 35.9 Å². The average Bonchev–Trinajstić information content (AvgIpc) is 2.85. The van der Waals surface area contributed by atoms with Crippen LogP contribution < -0.4 is 0 Å². The second-order valence-corrected chi connectivity index (χ2v) is 10.2. The predicted molar refractivity (Wildman–Crippen MR) is 115 cm³/mol. The van der Waals surface area contributed by atoms with E-state index in [2.05, 4.69) is 0 Å². The maximum absolute atomic E-state index is 12.9. The summed E-state index contributed by atoms with van der Waals surface area (Å²) in [4.78, 5) is 14.8. The van der Waals surface area contributed by atoms with Gasteiger partial charge in [0.25, 0.3) is 0 Å². The minimum Gasteiger partial charge on any atom is -0.445 e. The molecular formula is C23H34BNO5. The number of ether oxygens (including phenoxy) is 1. The summed E-state index contributed by atoms with van der Waals surface area (Å²) in [5.41, 5.74) is -0.740. The quantitative estimate of drug-likeness (QED) is 0.748. The third-order valence-corrected chi connectivity index (χ3v) is 7.36. The largest absolute Gasteiger partial charge is 0.460 e. The number of benzene rings is 1. The lowest BCUT2D eigenvalue weighted by molar-refractivity contribution is -0.0774. The Kier molecular flexibility index (Phi) is 5.66. The first kappa shape index (κ1) is 21.7. The van der Waals surface area contributed by atoms with E-state index in [1.54, 1.807) is 0 Å². The van der Waals surface area contributed by atoms with Gasteiger partial charge in [0, 0.05) is 18.4 Å². The lowest BCUT2D eigenvalue weighted by Crippen LogP contribution is -2.60. The Morgan fingerprint density at radius 1 is 1.10 bits per heavy atom. The molecule has 2 bridgehead atoms. The molecule has 30 heavy (non-hydrogen) atoms. The number of piperidine rings is 2. The van der Waals surface area contributed by atoms with Gasteiger partial charge in [-0.3, -0.25) is 0 Å². The molecule has 3 fully saturated rings. The van der Waals surface area contributed by atoms with Gasteiger partial charge in [0.1, 0.15) is 6.61 Å². The van der Waals surface area contributed by atoms with E-state index in [-0.39, 0.29) is 24.8 Å². The van der Waals surface area contributed by atoms with E-state index >= 15 is 0 Å². The number of aliphatic hydroxyl groups is 1. The number of nitrogens with zero attached hydrogens (tertiary/aromatic N) is 1. The van der Waals surface area contributed by atoms with Crippen LogP contribution in [0.2, 0.25) is 6.32 Å². The first-order chi connectivity index (χ1) is 14.1. The molecule has 7 heteroatoms. The van der Waals surface area contributed by atoms with Crippen molar-refractivity contribution in [2.24, 2.45) is 0 Å². The minimum atomic E-state index is -0.896. The average molecular weight is 415 g/mol. The van der Waals surface area contributed by atoms with Gasteiger partial charge in [0.05, 0.1) is 16.8 Å². The van der Waals surface area contributed by atoms with Crippen LogP contribution in [0, 0.1) is 0 Å². The molecule has 0 radical (unpaired) electrons. The normalized spacial score (nSPS) is 32.2. The van der Waals surface area contributed by atoms with Crippen LogP contribution >= 0.6 is 0 Å². The zero-order valence-corrected chi connectivity index (χ0v) is 18.6. The fourth-order valence-electron chi connectivity index (χ4n) is 5.14. The van der Waals surface area contributed by atoms with Crippen LogP contribution in [0.1, 0.15) is 65.4 Å². The van der Waals surface area contributed by atoms with Crippen LogP contribution in [0.25, 0.3) is 0 Å². The molecule has 1 aromatic rings. The molecule has 1 N–H and O–H groups in total.